The van der Waals surface area contributed by atoms with E-state index in [2.05, 4.69) is 20.3 Å². The molecule has 3 heterocycles. The zero-order valence-electron chi connectivity index (χ0n) is 13.9. The molecule has 0 unspecified atom stereocenters. The number of hydrogen-bond donors (Lipinski definition) is 1. The Morgan fingerprint density at radius 2 is 1.74 bits per heavy atom. The molecule has 1 amide bonds. The summed E-state index contributed by atoms with van der Waals surface area (Å²) >= 11 is 8.84. The van der Waals surface area contributed by atoms with Gasteiger partial charge in [0.2, 0.25) is 0 Å². The molecule has 0 aliphatic rings. The summed E-state index contributed by atoms with van der Waals surface area (Å²) in [7, 11) is 0. The maximum Gasteiger partial charge on any atom is 0.271 e. The second-order valence-corrected chi connectivity index (χ2v) is 7.83. The molecule has 0 fully saturated rings. The lowest BCUT2D eigenvalue weighted by Crippen LogP contribution is -2.23. The number of rotatable bonds is 5. The quantitative estimate of drug-likeness (QED) is 0.505. The highest BCUT2D eigenvalue weighted by Crippen LogP contribution is 2.25. The van der Waals surface area contributed by atoms with E-state index in [1.807, 2.05) is 29.6 Å². The summed E-state index contributed by atoms with van der Waals surface area (Å²) in [6.45, 7) is 0.363. The summed E-state index contributed by atoms with van der Waals surface area (Å²) in [4.78, 5) is 25.3. The Kier molecular flexibility index (Phi) is 5.24. The summed E-state index contributed by atoms with van der Waals surface area (Å²) in [6, 6.07) is 11.2. The number of hydrogen-bond acceptors (Lipinski definition) is 6. The fourth-order valence-corrected chi connectivity index (χ4v) is 4.07. The first-order valence-corrected chi connectivity index (χ1v) is 10.2. The van der Waals surface area contributed by atoms with E-state index in [-0.39, 0.29) is 5.91 Å². The molecule has 4 aromatic rings. The third-order valence-corrected chi connectivity index (χ3v) is 5.75. The molecule has 1 aromatic carbocycles. The molecular weight excluding hydrogens is 400 g/mol. The molecule has 0 aliphatic heterocycles. The SMILES string of the molecule is O=C(NCc1nc(-c2ccncc2)cs1)c1csc(-c2ccc(Cl)cc2)n1. The van der Waals surface area contributed by atoms with E-state index in [1.165, 1.54) is 22.7 Å². The van der Waals surface area contributed by atoms with Crippen LogP contribution in [0.2, 0.25) is 5.02 Å². The first kappa shape index (κ1) is 17.8. The minimum absolute atomic E-state index is 0.216. The Hall–Kier alpha value is -2.61. The maximum atomic E-state index is 12.4. The number of carbonyl (C=O) groups excluding carboxylic acids is 1. The Labute approximate surface area is 168 Å². The Balaban J connectivity index is 1.40. The number of nitrogens with zero attached hydrogens (tertiary/aromatic N) is 3. The highest BCUT2D eigenvalue weighted by molar-refractivity contribution is 7.13. The van der Waals surface area contributed by atoms with Gasteiger partial charge in [0, 0.05) is 39.3 Å². The smallest absolute Gasteiger partial charge is 0.271 e. The molecule has 134 valence electrons. The summed E-state index contributed by atoms with van der Waals surface area (Å²) < 4.78 is 0. The lowest BCUT2D eigenvalue weighted by molar-refractivity contribution is 0.0946. The van der Waals surface area contributed by atoms with Gasteiger partial charge >= 0.3 is 0 Å². The average Bonchev–Trinajstić information content (AvgIpc) is 3.37. The standard InChI is InChI=1S/C19H13ClN4OS2/c20-14-3-1-13(2-4-14)19-24-16(11-27-19)18(25)22-9-17-23-15(10-26-17)12-5-7-21-8-6-12/h1-8,10-11H,9H2,(H,22,25). The molecule has 0 aliphatic carbocycles. The van der Waals surface area contributed by atoms with Crippen molar-refractivity contribution in [3.05, 3.63) is 75.3 Å². The van der Waals surface area contributed by atoms with Gasteiger partial charge in [-0.3, -0.25) is 9.78 Å². The van der Waals surface area contributed by atoms with Crippen LogP contribution in [0.4, 0.5) is 0 Å². The van der Waals surface area contributed by atoms with Crippen LogP contribution in [0.25, 0.3) is 21.8 Å². The molecule has 0 spiro atoms. The summed E-state index contributed by atoms with van der Waals surface area (Å²) in [5, 5.41) is 8.89. The Bertz CT molecular complexity index is 1060. The molecule has 1 N–H and O–H groups in total. The Morgan fingerprint density at radius 3 is 2.52 bits per heavy atom. The number of aromatic nitrogens is 3. The predicted molar refractivity (Wildman–Crippen MR) is 109 cm³/mol. The molecule has 0 bridgehead atoms. The number of halogens is 1. The summed E-state index contributed by atoms with van der Waals surface area (Å²) in [5.41, 5.74) is 3.22. The monoisotopic (exact) mass is 412 g/mol. The van der Waals surface area contributed by atoms with Gasteiger partial charge in [0.25, 0.3) is 5.91 Å². The summed E-state index contributed by atoms with van der Waals surface area (Å²) in [6.07, 6.45) is 3.47. The van der Waals surface area contributed by atoms with E-state index in [9.17, 15) is 4.79 Å². The van der Waals surface area contributed by atoms with E-state index in [0.29, 0.717) is 17.3 Å². The van der Waals surface area contributed by atoms with E-state index in [1.54, 1.807) is 29.9 Å². The molecule has 4 rings (SSSR count). The molecule has 0 radical (unpaired) electrons. The van der Waals surface area contributed by atoms with Gasteiger partial charge in [-0.25, -0.2) is 9.97 Å². The fourth-order valence-electron chi connectivity index (χ4n) is 2.40. The second kappa shape index (κ2) is 7.96. The zero-order chi connectivity index (χ0) is 18.6. The van der Waals surface area contributed by atoms with Gasteiger partial charge in [-0.05, 0) is 24.3 Å². The van der Waals surface area contributed by atoms with E-state index in [4.69, 9.17) is 11.6 Å². The van der Waals surface area contributed by atoms with Gasteiger partial charge in [0.15, 0.2) is 0 Å². The predicted octanol–water partition coefficient (Wildman–Crippen LogP) is 4.91. The van der Waals surface area contributed by atoms with Crippen LogP contribution in [0.15, 0.2) is 59.6 Å². The number of amides is 1. The molecule has 27 heavy (non-hydrogen) atoms. The van der Waals surface area contributed by atoms with Crippen LogP contribution in [0.5, 0.6) is 0 Å². The number of carbonyl (C=O) groups is 1. The average molecular weight is 413 g/mol. The molecule has 8 heteroatoms. The number of benzene rings is 1. The largest absolute Gasteiger partial charge is 0.344 e. The van der Waals surface area contributed by atoms with Crippen LogP contribution >= 0.6 is 34.3 Å². The third kappa shape index (κ3) is 4.21. The first-order valence-electron chi connectivity index (χ1n) is 8.03. The normalized spacial score (nSPS) is 10.7. The van der Waals surface area contributed by atoms with Gasteiger partial charge in [-0.15, -0.1) is 22.7 Å². The molecule has 3 aromatic heterocycles. The van der Waals surface area contributed by atoms with Crippen LogP contribution in [-0.4, -0.2) is 20.9 Å². The van der Waals surface area contributed by atoms with Gasteiger partial charge in [-0.1, -0.05) is 23.7 Å². The van der Waals surface area contributed by atoms with Crippen LogP contribution in [0.1, 0.15) is 15.5 Å². The van der Waals surface area contributed by atoms with Crippen molar-refractivity contribution in [3.8, 4) is 21.8 Å². The van der Waals surface area contributed by atoms with Crippen molar-refractivity contribution in [3.63, 3.8) is 0 Å². The molecule has 0 saturated heterocycles. The molecule has 0 atom stereocenters. The minimum Gasteiger partial charge on any atom is -0.344 e. The van der Waals surface area contributed by atoms with Gasteiger partial charge < -0.3 is 5.32 Å². The topological polar surface area (TPSA) is 67.8 Å². The van der Waals surface area contributed by atoms with Crippen molar-refractivity contribution in [2.24, 2.45) is 0 Å². The van der Waals surface area contributed by atoms with Crippen LogP contribution < -0.4 is 5.32 Å². The number of thiazole rings is 2. The molecular formula is C19H13ClN4OS2. The molecule has 0 saturated carbocycles. The zero-order valence-corrected chi connectivity index (χ0v) is 16.3. The van der Waals surface area contributed by atoms with Crippen LogP contribution in [0.3, 0.4) is 0 Å². The van der Waals surface area contributed by atoms with Gasteiger partial charge in [0.05, 0.1) is 12.2 Å². The van der Waals surface area contributed by atoms with E-state index in [0.717, 1.165) is 26.8 Å². The van der Waals surface area contributed by atoms with E-state index < -0.39 is 0 Å². The van der Waals surface area contributed by atoms with Crippen molar-refractivity contribution < 1.29 is 4.79 Å². The van der Waals surface area contributed by atoms with Crippen LogP contribution in [-0.2, 0) is 6.54 Å². The highest BCUT2D eigenvalue weighted by atomic mass is 35.5. The van der Waals surface area contributed by atoms with Crippen molar-refractivity contribution >= 4 is 40.2 Å². The van der Waals surface area contributed by atoms with Crippen molar-refractivity contribution in [2.75, 3.05) is 0 Å². The summed E-state index contributed by atoms with van der Waals surface area (Å²) in [5.74, 6) is -0.216. The van der Waals surface area contributed by atoms with Crippen molar-refractivity contribution in [1.29, 1.82) is 0 Å². The maximum absolute atomic E-state index is 12.4. The van der Waals surface area contributed by atoms with Crippen LogP contribution in [0, 0.1) is 0 Å². The second-order valence-electron chi connectivity index (χ2n) is 5.59. The van der Waals surface area contributed by atoms with E-state index >= 15 is 0 Å². The van der Waals surface area contributed by atoms with Crippen molar-refractivity contribution in [2.45, 2.75) is 6.54 Å². The lowest BCUT2D eigenvalue weighted by atomic mass is 10.2. The lowest BCUT2D eigenvalue weighted by Gasteiger charge is -2.00. The third-order valence-electron chi connectivity index (χ3n) is 3.76. The van der Waals surface area contributed by atoms with Crippen molar-refractivity contribution in [1.82, 2.24) is 20.3 Å². The van der Waals surface area contributed by atoms with Gasteiger partial charge in [-0.2, -0.15) is 0 Å². The number of nitrogens with one attached hydrogen (secondary N) is 1. The van der Waals surface area contributed by atoms with Gasteiger partial charge in [0.1, 0.15) is 15.7 Å². The number of pyridine rings is 1. The Morgan fingerprint density at radius 1 is 0.963 bits per heavy atom. The first-order chi connectivity index (χ1) is 13.2. The highest BCUT2D eigenvalue weighted by Gasteiger charge is 2.13. The molecule has 5 nitrogen and oxygen atoms in total. The fraction of sp³-hybridized carbons (Fsp3) is 0.0526. The minimum atomic E-state index is -0.216.